The van der Waals surface area contributed by atoms with Gasteiger partial charge >= 0.3 is 0 Å². The standard InChI is InChI=1S/C14H22N2O3/c1-5-19-14(2,3)9-16-13(17)11-7-6-10(15)8-12(11)18-4/h6-8H,5,9,15H2,1-4H3,(H,16,17). The zero-order valence-electron chi connectivity index (χ0n) is 11.9. The first-order chi connectivity index (χ1) is 8.89. The van der Waals surface area contributed by atoms with Gasteiger partial charge in [0.25, 0.3) is 5.91 Å². The minimum Gasteiger partial charge on any atom is -0.496 e. The van der Waals surface area contributed by atoms with Crippen LogP contribution in [0.1, 0.15) is 31.1 Å². The summed E-state index contributed by atoms with van der Waals surface area (Å²) in [5.41, 5.74) is 6.28. The molecule has 1 amide bonds. The summed E-state index contributed by atoms with van der Waals surface area (Å²) in [6.45, 7) is 6.81. The molecule has 5 nitrogen and oxygen atoms in total. The number of anilines is 1. The van der Waals surface area contributed by atoms with Crippen LogP contribution in [0.15, 0.2) is 18.2 Å². The van der Waals surface area contributed by atoms with Crippen LogP contribution in [0.2, 0.25) is 0 Å². The summed E-state index contributed by atoms with van der Waals surface area (Å²) in [6.07, 6.45) is 0. The van der Waals surface area contributed by atoms with Crippen molar-refractivity contribution < 1.29 is 14.3 Å². The summed E-state index contributed by atoms with van der Waals surface area (Å²) in [4.78, 5) is 12.1. The number of carbonyl (C=O) groups excluding carboxylic acids is 1. The molecule has 3 N–H and O–H groups in total. The topological polar surface area (TPSA) is 73.6 Å². The third-order valence-corrected chi connectivity index (χ3v) is 2.68. The van der Waals surface area contributed by atoms with Gasteiger partial charge < -0.3 is 20.5 Å². The number of carbonyl (C=O) groups is 1. The summed E-state index contributed by atoms with van der Waals surface area (Å²) in [5, 5.41) is 2.83. The number of methoxy groups -OCH3 is 1. The van der Waals surface area contributed by atoms with Crippen LogP contribution in [0.5, 0.6) is 5.75 Å². The van der Waals surface area contributed by atoms with E-state index < -0.39 is 5.60 Å². The Morgan fingerprint density at radius 1 is 1.42 bits per heavy atom. The van der Waals surface area contributed by atoms with Crippen LogP contribution in [-0.2, 0) is 4.74 Å². The van der Waals surface area contributed by atoms with Crippen molar-refractivity contribution in [1.29, 1.82) is 0 Å². The van der Waals surface area contributed by atoms with Crippen LogP contribution < -0.4 is 15.8 Å². The highest BCUT2D eigenvalue weighted by atomic mass is 16.5. The van der Waals surface area contributed by atoms with E-state index in [9.17, 15) is 4.79 Å². The molecular weight excluding hydrogens is 244 g/mol. The van der Waals surface area contributed by atoms with Crippen molar-refractivity contribution in [3.8, 4) is 5.75 Å². The molecule has 0 aliphatic carbocycles. The van der Waals surface area contributed by atoms with Crippen molar-refractivity contribution in [3.05, 3.63) is 23.8 Å². The lowest BCUT2D eigenvalue weighted by molar-refractivity contribution is -0.00817. The molecule has 1 rings (SSSR count). The molecule has 0 saturated carbocycles. The third kappa shape index (κ3) is 4.44. The molecule has 0 aliphatic rings. The van der Waals surface area contributed by atoms with Gasteiger partial charge in [0.15, 0.2) is 0 Å². The highest BCUT2D eigenvalue weighted by molar-refractivity contribution is 5.97. The monoisotopic (exact) mass is 266 g/mol. The average Bonchev–Trinajstić information content (AvgIpc) is 2.35. The van der Waals surface area contributed by atoms with Gasteiger partial charge in [0.1, 0.15) is 5.75 Å². The average molecular weight is 266 g/mol. The van der Waals surface area contributed by atoms with Crippen LogP contribution in [0.4, 0.5) is 5.69 Å². The van der Waals surface area contributed by atoms with E-state index in [-0.39, 0.29) is 5.91 Å². The van der Waals surface area contributed by atoms with E-state index in [1.165, 1.54) is 7.11 Å². The van der Waals surface area contributed by atoms with E-state index in [2.05, 4.69) is 5.32 Å². The van der Waals surface area contributed by atoms with Gasteiger partial charge in [0.2, 0.25) is 0 Å². The number of amides is 1. The van der Waals surface area contributed by atoms with Gasteiger partial charge in [-0.15, -0.1) is 0 Å². The molecule has 0 unspecified atom stereocenters. The molecule has 0 aliphatic heterocycles. The minimum atomic E-state index is -0.397. The van der Waals surface area contributed by atoms with Crippen molar-refractivity contribution in [2.24, 2.45) is 0 Å². The Hall–Kier alpha value is -1.75. The molecule has 0 heterocycles. The van der Waals surface area contributed by atoms with Crippen molar-refractivity contribution in [2.75, 3.05) is 26.0 Å². The number of nitrogens with two attached hydrogens (primary N) is 1. The molecule has 106 valence electrons. The molecule has 1 aromatic carbocycles. The third-order valence-electron chi connectivity index (χ3n) is 2.68. The van der Waals surface area contributed by atoms with Crippen LogP contribution >= 0.6 is 0 Å². The molecule has 1 aromatic rings. The summed E-state index contributed by atoms with van der Waals surface area (Å²) >= 11 is 0. The Labute approximate surface area is 114 Å². The Morgan fingerprint density at radius 2 is 2.11 bits per heavy atom. The Kier molecular flexibility index (Phi) is 5.18. The molecule has 0 saturated heterocycles. The fourth-order valence-corrected chi connectivity index (χ4v) is 1.73. The second-order valence-electron chi connectivity index (χ2n) is 4.84. The minimum absolute atomic E-state index is 0.204. The molecule has 5 heteroatoms. The number of nitrogens with one attached hydrogen (secondary N) is 1. The number of hydrogen-bond acceptors (Lipinski definition) is 4. The second kappa shape index (κ2) is 6.43. The SMILES string of the molecule is CCOC(C)(C)CNC(=O)c1ccc(N)cc1OC. The summed E-state index contributed by atoms with van der Waals surface area (Å²) in [7, 11) is 1.51. The lowest BCUT2D eigenvalue weighted by Gasteiger charge is -2.25. The zero-order valence-corrected chi connectivity index (χ0v) is 11.9. The molecule has 0 aromatic heterocycles. The molecule has 0 atom stereocenters. The maximum Gasteiger partial charge on any atom is 0.255 e. The zero-order chi connectivity index (χ0) is 14.5. The van der Waals surface area contributed by atoms with Crippen molar-refractivity contribution in [3.63, 3.8) is 0 Å². The lowest BCUT2D eigenvalue weighted by Crippen LogP contribution is -2.40. The summed E-state index contributed by atoms with van der Waals surface area (Å²) in [5.74, 6) is 0.261. The number of ether oxygens (including phenoxy) is 2. The van der Waals surface area contributed by atoms with Crippen LogP contribution in [0.25, 0.3) is 0 Å². The largest absolute Gasteiger partial charge is 0.496 e. The molecular formula is C14H22N2O3. The van der Waals surface area contributed by atoms with Crippen molar-refractivity contribution in [1.82, 2.24) is 5.32 Å². The Balaban J connectivity index is 2.74. The predicted molar refractivity (Wildman–Crippen MR) is 75.4 cm³/mol. The first-order valence-corrected chi connectivity index (χ1v) is 6.25. The van der Waals surface area contributed by atoms with Crippen molar-refractivity contribution >= 4 is 11.6 Å². The van der Waals surface area contributed by atoms with Gasteiger partial charge in [-0.1, -0.05) is 0 Å². The maximum atomic E-state index is 12.1. The van der Waals surface area contributed by atoms with Gasteiger partial charge in [0, 0.05) is 24.9 Å². The van der Waals surface area contributed by atoms with E-state index in [1.54, 1.807) is 18.2 Å². The van der Waals surface area contributed by atoms with E-state index in [1.807, 2.05) is 20.8 Å². The fraction of sp³-hybridized carbons (Fsp3) is 0.500. The Morgan fingerprint density at radius 3 is 2.68 bits per heavy atom. The van der Waals surface area contributed by atoms with E-state index in [0.29, 0.717) is 30.2 Å². The summed E-state index contributed by atoms with van der Waals surface area (Å²) < 4.78 is 10.7. The fourth-order valence-electron chi connectivity index (χ4n) is 1.73. The quantitative estimate of drug-likeness (QED) is 0.770. The van der Waals surface area contributed by atoms with Crippen LogP contribution in [-0.4, -0.2) is 31.8 Å². The number of hydrogen-bond donors (Lipinski definition) is 2. The molecule has 0 fully saturated rings. The molecule has 0 bridgehead atoms. The number of rotatable bonds is 6. The smallest absolute Gasteiger partial charge is 0.255 e. The van der Waals surface area contributed by atoms with Crippen LogP contribution in [0.3, 0.4) is 0 Å². The number of nitrogen functional groups attached to an aromatic ring is 1. The predicted octanol–water partition coefficient (Wildman–Crippen LogP) is 1.82. The summed E-state index contributed by atoms with van der Waals surface area (Å²) in [6, 6.07) is 4.95. The molecule has 0 radical (unpaired) electrons. The van der Waals surface area contributed by atoms with Gasteiger partial charge in [-0.25, -0.2) is 0 Å². The second-order valence-corrected chi connectivity index (χ2v) is 4.84. The van der Waals surface area contributed by atoms with E-state index >= 15 is 0 Å². The van der Waals surface area contributed by atoms with Gasteiger partial charge in [-0.2, -0.15) is 0 Å². The molecule has 0 spiro atoms. The Bertz CT molecular complexity index is 444. The van der Waals surface area contributed by atoms with Gasteiger partial charge in [-0.05, 0) is 32.9 Å². The highest BCUT2D eigenvalue weighted by Crippen LogP contribution is 2.21. The van der Waals surface area contributed by atoms with E-state index in [4.69, 9.17) is 15.2 Å². The number of benzene rings is 1. The normalized spacial score (nSPS) is 11.2. The van der Waals surface area contributed by atoms with Crippen LogP contribution in [0, 0.1) is 0 Å². The van der Waals surface area contributed by atoms with E-state index in [0.717, 1.165) is 0 Å². The molecule has 19 heavy (non-hydrogen) atoms. The first kappa shape index (κ1) is 15.3. The van der Waals surface area contributed by atoms with Gasteiger partial charge in [0.05, 0.1) is 18.3 Å². The van der Waals surface area contributed by atoms with Crippen molar-refractivity contribution in [2.45, 2.75) is 26.4 Å². The first-order valence-electron chi connectivity index (χ1n) is 6.25. The maximum absolute atomic E-state index is 12.1. The lowest BCUT2D eigenvalue weighted by atomic mass is 10.1. The van der Waals surface area contributed by atoms with Gasteiger partial charge in [-0.3, -0.25) is 4.79 Å². The highest BCUT2D eigenvalue weighted by Gasteiger charge is 2.20.